The highest BCUT2D eigenvalue weighted by Gasteiger charge is 2.19. The van der Waals surface area contributed by atoms with Crippen molar-refractivity contribution in [2.24, 2.45) is 0 Å². The smallest absolute Gasteiger partial charge is 0.194 e. The third-order valence-corrected chi connectivity index (χ3v) is 7.21. The minimum absolute atomic E-state index is 0.126. The van der Waals surface area contributed by atoms with Crippen molar-refractivity contribution in [3.8, 4) is 22.3 Å². The van der Waals surface area contributed by atoms with Gasteiger partial charge >= 0.3 is 0 Å². The van der Waals surface area contributed by atoms with Crippen LogP contribution < -0.4 is 0 Å². The molecule has 0 aromatic heterocycles. The van der Waals surface area contributed by atoms with Crippen molar-refractivity contribution in [1.29, 1.82) is 0 Å². The predicted molar refractivity (Wildman–Crippen MR) is 145 cm³/mol. The molecule has 0 radical (unpaired) electrons. The maximum atomic E-state index is 13.4. The van der Waals surface area contributed by atoms with Crippen LogP contribution in [0.2, 0.25) is 0 Å². The Bertz CT molecular complexity index is 1430. The van der Waals surface area contributed by atoms with Crippen molar-refractivity contribution in [3.05, 3.63) is 111 Å². The van der Waals surface area contributed by atoms with E-state index in [0.717, 1.165) is 27.8 Å². The average Bonchev–Trinajstić information content (AvgIpc) is 2.77. The Morgan fingerprint density at radius 3 is 1.51 bits per heavy atom. The van der Waals surface area contributed by atoms with Crippen LogP contribution in [0.4, 0.5) is 0 Å². The zero-order valence-corrected chi connectivity index (χ0v) is 21.8. The van der Waals surface area contributed by atoms with Crippen molar-refractivity contribution < 1.29 is 13.6 Å². The maximum Gasteiger partial charge on any atom is 0.194 e. The summed E-state index contributed by atoms with van der Waals surface area (Å²) in [6, 6.07) is 21.2. The number of hydrogen-bond acceptors (Lipinski definition) is 2. The molecule has 35 heavy (non-hydrogen) atoms. The molecule has 1 atom stereocenters. The second kappa shape index (κ2) is 9.73. The van der Waals surface area contributed by atoms with E-state index < -0.39 is 11.1 Å². The minimum atomic E-state index is -2.30. The first-order chi connectivity index (χ1) is 16.6. The zero-order chi connectivity index (χ0) is 25.4. The molecule has 3 nitrogen and oxygen atoms in total. The summed E-state index contributed by atoms with van der Waals surface area (Å²) in [5.74, 6) is -0.268. The van der Waals surface area contributed by atoms with Gasteiger partial charge < -0.3 is 4.55 Å². The summed E-state index contributed by atoms with van der Waals surface area (Å²) < 4.78 is 22.3. The minimum Gasteiger partial charge on any atom is -0.302 e. The molecule has 0 heterocycles. The number of ketones is 1. The van der Waals surface area contributed by atoms with Gasteiger partial charge in [-0.05, 0) is 98.2 Å². The number of aryl methyl sites for hydroxylation is 6. The third kappa shape index (κ3) is 4.90. The van der Waals surface area contributed by atoms with E-state index >= 15 is 0 Å². The number of carbonyl (C=O) groups is 1. The molecule has 4 rings (SSSR count). The summed E-state index contributed by atoms with van der Waals surface area (Å²) in [7, 11) is 0. The first-order valence-corrected chi connectivity index (χ1v) is 12.7. The second-order valence-corrected chi connectivity index (χ2v) is 10.4. The summed E-state index contributed by atoms with van der Waals surface area (Å²) in [6.45, 7) is 12.4. The SMILES string of the molecule is Cc1cc(C)c(-c2ccc(C(=O)c3ccc(-c4c(C)cc(C)cc4C)cc3S(=O)O)cc2)c(C)c1. The van der Waals surface area contributed by atoms with Gasteiger partial charge in [-0.3, -0.25) is 4.79 Å². The van der Waals surface area contributed by atoms with Crippen LogP contribution in [-0.2, 0) is 11.1 Å². The monoisotopic (exact) mass is 482 g/mol. The van der Waals surface area contributed by atoms with Gasteiger partial charge in [0.1, 0.15) is 0 Å². The molecule has 4 heteroatoms. The Labute approximate surface area is 210 Å². The summed E-state index contributed by atoms with van der Waals surface area (Å²) in [5.41, 5.74) is 11.7. The van der Waals surface area contributed by atoms with Gasteiger partial charge in [0.25, 0.3) is 0 Å². The van der Waals surface area contributed by atoms with E-state index in [0.29, 0.717) is 5.56 Å². The average molecular weight is 483 g/mol. The van der Waals surface area contributed by atoms with Crippen molar-refractivity contribution in [1.82, 2.24) is 0 Å². The highest BCUT2D eigenvalue weighted by Crippen LogP contribution is 2.32. The van der Waals surface area contributed by atoms with Gasteiger partial charge in [-0.25, -0.2) is 4.21 Å². The Balaban J connectivity index is 1.73. The molecule has 0 aliphatic carbocycles. The lowest BCUT2D eigenvalue weighted by Gasteiger charge is -2.15. The fourth-order valence-electron chi connectivity index (χ4n) is 5.22. The molecular formula is C31H30O3S. The fraction of sp³-hybridized carbons (Fsp3) is 0.194. The quantitative estimate of drug-likeness (QED) is 0.234. The first kappa shape index (κ1) is 24.8. The molecule has 0 saturated heterocycles. The molecular weight excluding hydrogens is 452 g/mol. The van der Waals surface area contributed by atoms with Gasteiger partial charge in [0.2, 0.25) is 0 Å². The second-order valence-electron chi connectivity index (χ2n) is 9.41. The van der Waals surface area contributed by atoms with E-state index in [9.17, 15) is 13.6 Å². The lowest BCUT2D eigenvalue weighted by Crippen LogP contribution is -2.07. The van der Waals surface area contributed by atoms with Crippen LogP contribution in [0.15, 0.2) is 71.6 Å². The van der Waals surface area contributed by atoms with E-state index in [2.05, 4.69) is 45.0 Å². The molecule has 0 fully saturated rings. The highest BCUT2D eigenvalue weighted by atomic mass is 32.2. The van der Waals surface area contributed by atoms with E-state index in [1.165, 1.54) is 27.8 Å². The molecule has 0 aliphatic rings. The molecule has 4 aromatic carbocycles. The van der Waals surface area contributed by atoms with E-state index in [-0.39, 0.29) is 16.2 Å². The third-order valence-electron chi connectivity index (χ3n) is 6.49. The van der Waals surface area contributed by atoms with Gasteiger partial charge in [-0.15, -0.1) is 0 Å². The standard InChI is InChI=1S/C31H30O3S/c1-18-13-20(3)29(21(4)14-18)24-7-9-25(10-8-24)31(32)27-12-11-26(17-28(27)35(33)34)30-22(5)15-19(2)16-23(30)6/h7-17H,1-6H3,(H,33,34). The van der Waals surface area contributed by atoms with Crippen molar-refractivity contribution >= 4 is 16.9 Å². The Kier molecular flexibility index (Phi) is 6.88. The van der Waals surface area contributed by atoms with E-state index in [1.807, 2.05) is 39.0 Å². The molecule has 0 amide bonds. The topological polar surface area (TPSA) is 54.4 Å². The van der Waals surface area contributed by atoms with Crippen LogP contribution in [0.1, 0.15) is 49.3 Å². The normalized spacial score (nSPS) is 12.0. The molecule has 0 aliphatic heterocycles. The zero-order valence-electron chi connectivity index (χ0n) is 21.0. The molecule has 4 aromatic rings. The van der Waals surface area contributed by atoms with Crippen molar-refractivity contribution in [2.75, 3.05) is 0 Å². The lowest BCUT2D eigenvalue weighted by molar-refractivity contribution is 0.103. The van der Waals surface area contributed by atoms with E-state index in [1.54, 1.807) is 24.3 Å². The molecule has 0 bridgehead atoms. The van der Waals surface area contributed by atoms with Gasteiger partial charge in [0.05, 0.1) is 4.90 Å². The first-order valence-electron chi connectivity index (χ1n) is 11.6. The van der Waals surface area contributed by atoms with E-state index in [4.69, 9.17) is 0 Å². The largest absolute Gasteiger partial charge is 0.302 e. The Morgan fingerprint density at radius 2 is 1.06 bits per heavy atom. The number of hydrogen-bond donors (Lipinski definition) is 1. The lowest BCUT2D eigenvalue weighted by atomic mass is 9.91. The molecule has 1 unspecified atom stereocenters. The highest BCUT2D eigenvalue weighted by molar-refractivity contribution is 7.79. The summed E-state index contributed by atoms with van der Waals surface area (Å²) in [4.78, 5) is 13.5. The summed E-state index contributed by atoms with van der Waals surface area (Å²) >= 11 is -2.30. The Hall–Kier alpha value is -3.34. The summed E-state index contributed by atoms with van der Waals surface area (Å²) in [5, 5.41) is 0. The van der Waals surface area contributed by atoms with Crippen LogP contribution in [-0.4, -0.2) is 14.5 Å². The molecule has 0 spiro atoms. The number of benzene rings is 4. The van der Waals surface area contributed by atoms with Gasteiger partial charge in [-0.2, -0.15) is 0 Å². The fourth-order valence-corrected chi connectivity index (χ4v) is 5.80. The number of rotatable bonds is 5. The van der Waals surface area contributed by atoms with Crippen LogP contribution in [0.25, 0.3) is 22.3 Å². The Morgan fingerprint density at radius 1 is 0.629 bits per heavy atom. The van der Waals surface area contributed by atoms with Crippen molar-refractivity contribution in [3.63, 3.8) is 0 Å². The van der Waals surface area contributed by atoms with Gasteiger partial charge in [0.15, 0.2) is 16.9 Å². The molecule has 0 saturated carbocycles. The van der Waals surface area contributed by atoms with Crippen LogP contribution in [0.5, 0.6) is 0 Å². The van der Waals surface area contributed by atoms with Crippen LogP contribution in [0, 0.1) is 41.5 Å². The number of carbonyl (C=O) groups excluding carboxylic acids is 1. The van der Waals surface area contributed by atoms with Gasteiger partial charge in [-0.1, -0.05) is 65.7 Å². The van der Waals surface area contributed by atoms with Crippen LogP contribution >= 0.6 is 0 Å². The summed E-state index contributed by atoms with van der Waals surface area (Å²) in [6.07, 6.45) is 0. The van der Waals surface area contributed by atoms with Gasteiger partial charge in [0, 0.05) is 11.1 Å². The molecule has 1 N–H and O–H groups in total. The van der Waals surface area contributed by atoms with Crippen molar-refractivity contribution in [2.45, 2.75) is 46.4 Å². The van der Waals surface area contributed by atoms with Crippen LogP contribution in [0.3, 0.4) is 0 Å². The predicted octanol–water partition coefficient (Wildman–Crippen LogP) is 7.68. The maximum absolute atomic E-state index is 13.4. The molecule has 178 valence electrons.